The number of esters is 1. The van der Waals surface area contributed by atoms with Crippen LogP contribution >= 0.6 is 7.37 Å². The van der Waals surface area contributed by atoms with Gasteiger partial charge in [0.05, 0.1) is 24.1 Å². The SMILES string of the molecule is CCP(=O)(OCCC(C)C)c1ccccc1C(=O)OCCC(C)C. The summed E-state index contributed by atoms with van der Waals surface area (Å²) in [5, 5.41) is 0.478. The van der Waals surface area contributed by atoms with Crippen molar-refractivity contribution in [2.75, 3.05) is 19.4 Å². The van der Waals surface area contributed by atoms with Gasteiger partial charge >= 0.3 is 5.97 Å². The van der Waals surface area contributed by atoms with Crippen molar-refractivity contribution in [2.45, 2.75) is 47.5 Å². The molecule has 0 radical (unpaired) electrons. The van der Waals surface area contributed by atoms with E-state index in [1.165, 1.54) is 0 Å². The van der Waals surface area contributed by atoms with Gasteiger partial charge < -0.3 is 9.26 Å². The summed E-state index contributed by atoms with van der Waals surface area (Å²) < 4.78 is 24.3. The molecule has 0 spiro atoms. The van der Waals surface area contributed by atoms with E-state index in [1.54, 1.807) is 24.3 Å². The molecule has 0 aliphatic carbocycles. The lowest BCUT2D eigenvalue weighted by molar-refractivity contribution is 0.0489. The Hall–Kier alpha value is -1.12. The van der Waals surface area contributed by atoms with Crippen LogP contribution in [0.1, 0.15) is 57.8 Å². The summed E-state index contributed by atoms with van der Waals surface area (Å²) in [6, 6.07) is 6.94. The molecule has 136 valence electrons. The summed E-state index contributed by atoms with van der Waals surface area (Å²) in [7, 11) is -3.05. The molecule has 0 amide bonds. The zero-order chi connectivity index (χ0) is 18.2. The van der Waals surface area contributed by atoms with Crippen LogP contribution in [0, 0.1) is 11.8 Å². The third-order valence-electron chi connectivity index (χ3n) is 3.83. The molecular weight excluding hydrogens is 323 g/mol. The number of carbonyl (C=O) groups excluding carboxylic acids is 1. The Morgan fingerprint density at radius 2 is 1.62 bits per heavy atom. The predicted octanol–water partition coefficient (Wildman–Crippen LogP) is 4.88. The molecule has 0 N–H and O–H groups in total. The monoisotopic (exact) mass is 354 g/mol. The van der Waals surface area contributed by atoms with Gasteiger partial charge in [-0.2, -0.15) is 0 Å². The highest BCUT2D eigenvalue weighted by Crippen LogP contribution is 2.46. The van der Waals surface area contributed by atoms with Crippen molar-refractivity contribution in [3.63, 3.8) is 0 Å². The van der Waals surface area contributed by atoms with Crippen molar-refractivity contribution in [1.82, 2.24) is 0 Å². The molecule has 0 aliphatic rings. The van der Waals surface area contributed by atoms with Crippen molar-refractivity contribution in [2.24, 2.45) is 11.8 Å². The highest BCUT2D eigenvalue weighted by atomic mass is 31.2. The molecule has 24 heavy (non-hydrogen) atoms. The van der Waals surface area contributed by atoms with Gasteiger partial charge in [0.1, 0.15) is 0 Å². The van der Waals surface area contributed by atoms with E-state index in [-0.39, 0.29) is 0 Å². The molecule has 0 aromatic heterocycles. The van der Waals surface area contributed by atoms with Gasteiger partial charge in [0.25, 0.3) is 0 Å². The average molecular weight is 354 g/mol. The molecule has 0 saturated carbocycles. The van der Waals surface area contributed by atoms with Crippen LogP contribution < -0.4 is 5.30 Å². The summed E-state index contributed by atoms with van der Waals surface area (Å²) in [6.45, 7) is 11.0. The largest absolute Gasteiger partial charge is 0.462 e. The lowest BCUT2D eigenvalue weighted by Crippen LogP contribution is -2.21. The Balaban J connectivity index is 2.93. The van der Waals surface area contributed by atoms with Crippen LogP contribution in [0.4, 0.5) is 0 Å². The zero-order valence-corrected chi connectivity index (χ0v) is 16.5. The van der Waals surface area contributed by atoms with Crippen LogP contribution in [0.2, 0.25) is 0 Å². The number of hydrogen-bond donors (Lipinski definition) is 0. The van der Waals surface area contributed by atoms with Crippen LogP contribution in [0.15, 0.2) is 24.3 Å². The Labute approximate surface area is 146 Å². The topological polar surface area (TPSA) is 52.6 Å². The molecule has 1 rings (SSSR count). The van der Waals surface area contributed by atoms with Gasteiger partial charge in [-0.3, -0.25) is 4.57 Å². The Kier molecular flexibility index (Phi) is 8.72. The van der Waals surface area contributed by atoms with Crippen molar-refractivity contribution < 1.29 is 18.6 Å². The third-order valence-corrected chi connectivity index (χ3v) is 6.39. The Morgan fingerprint density at radius 1 is 1.04 bits per heavy atom. The van der Waals surface area contributed by atoms with E-state index >= 15 is 0 Å². The molecular formula is C19H31O4P. The van der Waals surface area contributed by atoms with Crippen LogP contribution in [-0.2, 0) is 13.8 Å². The molecule has 1 unspecified atom stereocenters. The first kappa shape index (κ1) is 20.9. The number of benzene rings is 1. The summed E-state index contributed by atoms with van der Waals surface area (Å²) in [6.07, 6.45) is 2.01. The molecule has 0 heterocycles. The van der Waals surface area contributed by atoms with Crippen LogP contribution in [0.3, 0.4) is 0 Å². The van der Waals surface area contributed by atoms with Crippen molar-refractivity contribution in [3.05, 3.63) is 29.8 Å². The minimum atomic E-state index is -3.05. The van der Waals surface area contributed by atoms with Gasteiger partial charge in [-0.05, 0) is 36.8 Å². The molecule has 5 heteroatoms. The van der Waals surface area contributed by atoms with Crippen LogP contribution in [-0.4, -0.2) is 25.3 Å². The number of carbonyl (C=O) groups is 1. The number of rotatable bonds is 10. The highest BCUT2D eigenvalue weighted by molar-refractivity contribution is 7.67. The number of ether oxygens (including phenoxy) is 1. The van der Waals surface area contributed by atoms with Crippen LogP contribution in [0.5, 0.6) is 0 Å². The van der Waals surface area contributed by atoms with E-state index in [1.807, 2.05) is 6.92 Å². The maximum absolute atomic E-state index is 13.2. The van der Waals surface area contributed by atoms with Gasteiger partial charge in [0.2, 0.25) is 7.37 Å². The van der Waals surface area contributed by atoms with E-state index in [4.69, 9.17) is 9.26 Å². The van der Waals surface area contributed by atoms with E-state index in [0.717, 1.165) is 12.8 Å². The maximum Gasteiger partial charge on any atom is 0.338 e. The van der Waals surface area contributed by atoms with E-state index < -0.39 is 13.3 Å². The standard InChI is InChI=1S/C19H31O4P/c1-6-24(21,23-14-12-16(4)5)18-10-8-7-9-17(18)19(20)22-13-11-15(2)3/h7-10,15-16H,6,11-14H2,1-5H3. The quantitative estimate of drug-likeness (QED) is 0.444. The maximum atomic E-state index is 13.2. The summed E-state index contributed by atoms with van der Waals surface area (Å²) in [5.74, 6) is 0.521. The first-order valence-electron chi connectivity index (χ1n) is 8.80. The molecule has 1 aromatic rings. The first-order chi connectivity index (χ1) is 11.3. The van der Waals surface area contributed by atoms with Gasteiger partial charge in [-0.15, -0.1) is 0 Å². The number of hydrogen-bond acceptors (Lipinski definition) is 4. The van der Waals surface area contributed by atoms with E-state index in [2.05, 4.69) is 27.7 Å². The lowest BCUT2D eigenvalue weighted by atomic mass is 10.1. The lowest BCUT2D eigenvalue weighted by Gasteiger charge is -2.20. The minimum absolute atomic E-state index is 0.357. The Morgan fingerprint density at radius 3 is 2.21 bits per heavy atom. The van der Waals surface area contributed by atoms with Crippen molar-refractivity contribution in [3.8, 4) is 0 Å². The Bertz CT molecular complexity index is 566. The fraction of sp³-hybridized carbons (Fsp3) is 0.632. The molecule has 0 saturated heterocycles. The first-order valence-corrected chi connectivity index (χ1v) is 10.6. The van der Waals surface area contributed by atoms with Crippen LogP contribution in [0.25, 0.3) is 0 Å². The van der Waals surface area contributed by atoms with Gasteiger partial charge in [0, 0.05) is 6.16 Å². The van der Waals surface area contributed by atoms with Gasteiger partial charge in [-0.25, -0.2) is 4.79 Å². The van der Waals surface area contributed by atoms with Crippen molar-refractivity contribution in [1.29, 1.82) is 0 Å². The van der Waals surface area contributed by atoms with Gasteiger partial charge in [0.15, 0.2) is 0 Å². The molecule has 0 aliphatic heterocycles. The fourth-order valence-corrected chi connectivity index (χ4v) is 4.08. The molecule has 0 bridgehead atoms. The molecule has 0 fully saturated rings. The average Bonchev–Trinajstić information content (AvgIpc) is 2.53. The second-order valence-electron chi connectivity index (χ2n) is 6.84. The molecule has 1 atom stereocenters. The minimum Gasteiger partial charge on any atom is -0.462 e. The molecule has 4 nitrogen and oxygen atoms in total. The summed E-state index contributed by atoms with van der Waals surface area (Å²) in [5.41, 5.74) is 0.357. The molecule has 1 aromatic carbocycles. The highest BCUT2D eigenvalue weighted by Gasteiger charge is 2.29. The summed E-state index contributed by atoms with van der Waals surface area (Å²) >= 11 is 0. The normalized spacial score (nSPS) is 14.0. The predicted molar refractivity (Wildman–Crippen MR) is 99.4 cm³/mol. The third kappa shape index (κ3) is 6.41. The smallest absolute Gasteiger partial charge is 0.338 e. The zero-order valence-electron chi connectivity index (χ0n) is 15.6. The van der Waals surface area contributed by atoms with Gasteiger partial charge in [-0.1, -0.05) is 46.8 Å². The second kappa shape index (κ2) is 10.0. The second-order valence-corrected chi connectivity index (χ2v) is 9.56. The van der Waals surface area contributed by atoms with Crippen molar-refractivity contribution >= 4 is 18.6 Å². The van der Waals surface area contributed by atoms with E-state index in [0.29, 0.717) is 42.1 Å². The fourth-order valence-electron chi connectivity index (χ4n) is 2.18. The summed E-state index contributed by atoms with van der Waals surface area (Å²) in [4.78, 5) is 12.4. The van der Waals surface area contributed by atoms with E-state index in [9.17, 15) is 9.36 Å².